The SMILES string of the molecule is O=c1[nH]c(=O)n(C2CCCCC2)c(O)c1C=C1C(c2ccccc2)=Nc2ccccc21. The second kappa shape index (κ2) is 7.87. The minimum absolute atomic E-state index is 0.0838. The molecule has 6 heteroatoms. The van der Waals surface area contributed by atoms with E-state index in [0.717, 1.165) is 60.2 Å². The molecule has 0 saturated heterocycles. The number of allylic oxidation sites excluding steroid dienone is 1. The van der Waals surface area contributed by atoms with Crippen LogP contribution < -0.4 is 11.2 Å². The van der Waals surface area contributed by atoms with E-state index in [1.54, 1.807) is 6.08 Å². The fraction of sp³-hybridized carbons (Fsp3) is 0.240. The van der Waals surface area contributed by atoms with Crippen LogP contribution in [0.4, 0.5) is 5.69 Å². The van der Waals surface area contributed by atoms with Crippen molar-refractivity contribution >= 4 is 23.0 Å². The van der Waals surface area contributed by atoms with Crippen molar-refractivity contribution in [3.8, 4) is 5.88 Å². The summed E-state index contributed by atoms with van der Waals surface area (Å²) in [4.78, 5) is 32.4. The molecule has 1 aromatic heterocycles. The fourth-order valence-corrected chi connectivity index (χ4v) is 4.57. The van der Waals surface area contributed by atoms with Crippen molar-refractivity contribution in [1.82, 2.24) is 9.55 Å². The van der Waals surface area contributed by atoms with Crippen LogP contribution >= 0.6 is 0 Å². The summed E-state index contributed by atoms with van der Waals surface area (Å²) in [6.07, 6.45) is 6.42. The lowest BCUT2D eigenvalue weighted by molar-refractivity contribution is 0.298. The Balaban J connectivity index is 1.69. The van der Waals surface area contributed by atoms with Crippen LogP contribution in [0.15, 0.2) is 69.2 Å². The summed E-state index contributed by atoms with van der Waals surface area (Å²) >= 11 is 0. The maximum Gasteiger partial charge on any atom is 0.331 e. The number of benzene rings is 2. The summed E-state index contributed by atoms with van der Waals surface area (Å²) in [5.41, 5.74) is 3.02. The molecule has 2 aromatic carbocycles. The van der Waals surface area contributed by atoms with Crippen molar-refractivity contribution < 1.29 is 5.11 Å². The Hall–Kier alpha value is -3.67. The molecule has 0 bridgehead atoms. The van der Waals surface area contributed by atoms with Gasteiger partial charge in [0.25, 0.3) is 5.56 Å². The molecule has 1 aliphatic carbocycles. The van der Waals surface area contributed by atoms with E-state index in [4.69, 9.17) is 4.99 Å². The molecule has 2 aliphatic rings. The molecule has 0 atom stereocenters. The molecule has 1 saturated carbocycles. The average Bonchev–Trinajstić information content (AvgIpc) is 3.16. The standard InChI is InChI=1S/C25H23N3O3/c29-23-20(24(30)28(25(31)27-23)17-11-5-2-6-12-17)15-19-18-13-7-8-14-21(18)26-22(19)16-9-3-1-4-10-16/h1,3-4,7-10,13-15,17,30H,2,5-6,11-12H2,(H,27,29,31). The largest absolute Gasteiger partial charge is 0.494 e. The maximum absolute atomic E-state index is 12.7. The van der Waals surface area contributed by atoms with E-state index < -0.39 is 11.2 Å². The summed E-state index contributed by atoms with van der Waals surface area (Å²) < 4.78 is 1.35. The summed E-state index contributed by atoms with van der Waals surface area (Å²) in [6, 6.07) is 17.3. The smallest absolute Gasteiger partial charge is 0.331 e. The minimum Gasteiger partial charge on any atom is -0.494 e. The molecule has 1 aliphatic heterocycles. The van der Waals surface area contributed by atoms with Gasteiger partial charge in [0.05, 0.1) is 11.4 Å². The average molecular weight is 413 g/mol. The topological polar surface area (TPSA) is 87.5 Å². The first-order valence-electron chi connectivity index (χ1n) is 10.7. The number of nitrogens with zero attached hydrogens (tertiary/aromatic N) is 2. The number of aromatic amines is 1. The number of H-pyrrole nitrogens is 1. The number of aromatic nitrogens is 2. The first kappa shape index (κ1) is 19.3. The number of aliphatic imine (C=N–C) groups is 1. The molecule has 2 N–H and O–H groups in total. The second-order valence-corrected chi connectivity index (χ2v) is 8.06. The molecular weight excluding hydrogens is 390 g/mol. The van der Waals surface area contributed by atoms with Crippen molar-refractivity contribution in [2.24, 2.45) is 4.99 Å². The zero-order valence-electron chi connectivity index (χ0n) is 17.0. The highest BCUT2D eigenvalue weighted by Gasteiger charge is 2.26. The molecule has 0 amide bonds. The predicted octanol–water partition coefficient (Wildman–Crippen LogP) is 4.42. The maximum atomic E-state index is 12.7. The van der Waals surface area contributed by atoms with Crippen molar-refractivity contribution in [3.63, 3.8) is 0 Å². The Bertz CT molecular complexity index is 1310. The molecule has 0 radical (unpaired) electrons. The normalized spacial score (nSPS) is 17.5. The van der Waals surface area contributed by atoms with Crippen molar-refractivity contribution in [2.45, 2.75) is 38.1 Å². The summed E-state index contributed by atoms with van der Waals surface area (Å²) in [5, 5.41) is 11.0. The van der Waals surface area contributed by atoms with E-state index in [-0.39, 0.29) is 17.5 Å². The second-order valence-electron chi connectivity index (χ2n) is 8.06. The summed E-state index contributed by atoms with van der Waals surface area (Å²) in [5.74, 6) is -0.273. The van der Waals surface area contributed by atoms with Gasteiger partial charge in [-0.15, -0.1) is 0 Å². The fourth-order valence-electron chi connectivity index (χ4n) is 4.57. The number of hydrogen-bond donors (Lipinski definition) is 2. The minimum atomic E-state index is -0.598. The van der Waals surface area contributed by atoms with Crippen molar-refractivity contribution in [2.75, 3.05) is 0 Å². The number of hydrogen-bond acceptors (Lipinski definition) is 4. The molecular formula is C25H23N3O3. The van der Waals surface area contributed by atoms with E-state index in [0.29, 0.717) is 0 Å². The van der Waals surface area contributed by atoms with Gasteiger partial charge in [-0.05, 0) is 25.0 Å². The number of aromatic hydroxyl groups is 1. The highest BCUT2D eigenvalue weighted by Crippen LogP contribution is 2.38. The third-order valence-electron chi connectivity index (χ3n) is 6.11. The van der Waals surface area contributed by atoms with Crippen LogP contribution in [0.1, 0.15) is 54.8 Å². The lowest BCUT2D eigenvalue weighted by atomic mass is 9.94. The van der Waals surface area contributed by atoms with Gasteiger partial charge in [0.15, 0.2) is 0 Å². The van der Waals surface area contributed by atoms with Gasteiger partial charge in [-0.2, -0.15) is 0 Å². The Morgan fingerprint density at radius 2 is 1.68 bits per heavy atom. The molecule has 1 fully saturated rings. The van der Waals surface area contributed by atoms with Crippen LogP contribution in [0.5, 0.6) is 5.88 Å². The molecule has 3 aromatic rings. The van der Waals surface area contributed by atoms with Crippen molar-refractivity contribution in [1.29, 1.82) is 0 Å². The molecule has 156 valence electrons. The van der Waals surface area contributed by atoms with Crippen LogP contribution in [-0.4, -0.2) is 20.4 Å². The summed E-state index contributed by atoms with van der Waals surface area (Å²) in [7, 11) is 0. The van der Waals surface area contributed by atoms with Gasteiger partial charge in [-0.25, -0.2) is 9.79 Å². The monoisotopic (exact) mass is 413 g/mol. The van der Waals surface area contributed by atoms with Crippen LogP contribution in [0.3, 0.4) is 0 Å². The molecule has 2 heterocycles. The first-order valence-corrected chi connectivity index (χ1v) is 10.7. The summed E-state index contributed by atoms with van der Waals surface area (Å²) in [6.45, 7) is 0. The molecule has 31 heavy (non-hydrogen) atoms. The predicted molar refractivity (Wildman–Crippen MR) is 122 cm³/mol. The molecule has 6 nitrogen and oxygen atoms in total. The zero-order chi connectivity index (χ0) is 21.4. The third kappa shape index (κ3) is 3.44. The number of para-hydroxylation sites is 1. The van der Waals surface area contributed by atoms with Gasteiger partial charge >= 0.3 is 5.69 Å². The van der Waals surface area contributed by atoms with E-state index in [1.165, 1.54) is 4.57 Å². The lowest BCUT2D eigenvalue weighted by Crippen LogP contribution is -2.34. The lowest BCUT2D eigenvalue weighted by Gasteiger charge is -2.24. The first-order chi connectivity index (χ1) is 15.1. The van der Waals surface area contributed by atoms with E-state index in [2.05, 4.69) is 4.98 Å². The van der Waals surface area contributed by atoms with Crippen molar-refractivity contribution in [3.05, 3.63) is 92.1 Å². The zero-order valence-corrected chi connectivity index (χ0v) is 17.0. The molecule has 5 rings (SSSR count). The molecule has 0 unspecified atom stereocenters. The Kier molecular flexibility index (Phi) is 4.90. The number of rotatable bonds is 3. The highest BCUT2D eigenvalue weighted by molar-refractivity contribution is 6.39. The van der Waals surface area contributed by atoms with Crippen LogP contribution in [-0.2, 0) is 0 Å². The van der Waals surface area contributed by atoms with Gasteiger partial charge in [-0.1, -0.05) is 67.8 Å². The Morgan fingerprint density at radius 3 is 2.45 bits per heavy atom. The number of nitrogens with one attached hydrogen (secondary N) is 1. The Labute approximate surface area is 179 Å². The molecule has 0 spiro atoms. The van der Waals surface area contributed by atoms with Gasteiger partial charge in [0.2, 0.25) is 5.88 Å². The van der Waals surface area contributed by atoms with Gasteiger partial charge in [-0.3, -0.25) is 14.3 Å². The van der Waals surface area contributed by atoms with Gasteiger partial charge in [0, 0.05) is 22.7 Å². The van der Waals surface area contributed by atoms with Gasteiger partial charge in [0.1, 0.15) is 5.56 Å². The van der Waals surface area contributed by atoms with Crippen LogP contribution in [0, 0.1) is 0 Å². The van der Waals surface area contributed by atoms with E-state index in [9.17, 15) is 14.7 Å². The van der Waals surface area contributed by atoms with E-state index >= 15 is 0 Å². The Morgan fingerprint density at radius 1 is 0.968 bits per heavy atom. The number of fused-ring (bicyclic) bond motifs is 1. The van der Waals surface area contributed by atoms with Gasteiger partial charge < -0.3 is 5.11 Å². The van der Waals surface area contributed by atoms with Crippen LogP contribution in [0.2, 0.25) is 0 Å². The van der Waals surface area contributed by atoms with E-state index in [1.807, 2.05) is 54.6 Å². The third-order valence-corrected chi connectivity index (χ3v) is 6.11. The highest BCUT2D eigenvalue weighted by atomic mass is 16.3. The quantitative estimate of drug-likeness (QED) is 0.666. The van der Waals surface area contributed by atoms with Crippen LogP contribution in [0.25, 0.3) is 11.6 Å².